The van der Waals surface area contributed by atoms with Gasteiger partial charge in [0.15, 0.2) is 5.15 Å². The van der Waals surface area contributed by atoms with Crippen LogP contribution in [0, 0.1) is 0 Å². The number of pyridine rings is 1. The highest BCUT2D eigenvalue weighted by Crippen LogP contribution is 2.18. The van der Waals surface area contributed by atoms with E-state index in [1.807, 2.05) is 0 Å². The van der Waals surface area contributed by atoms with E-state index in [0.717, 1.165) is 4.90 Å². The summed E-state index contributed by atoms with van der Waals surface area (Å²) < 4.78 is 0. The lowest BCUT2D eigenvalue weighted by atomic mass is 10.4. The fourth-order valence-corrected chi connectivity index (χ4v) is 1.95. The van der Waals surface area contributed by atoms with Crippen molar-refractivity contribution < 1.29 is 19.2 Å². The van der Waals surface area contributed by atoms with E-state index in [0.29, 0.717) is 4.90 Å². The fourth-order valence-electron chi connectivity index (χ4n) is 1.78. The monoisotopic (exact) mass is 310 g/mol. The van der Waals surface area contributed by atoms with Gasteiger partial charge in [-0.15, -0.1) is 0 Å². The molecular weight excluding hydrogens is 300 g/mol. The van der Waals surface area contributed by atoms with Crippen LogP contribution in [0.25, 0.3) is 0 Å². The predicted molar refractivity (Wildman–Crippen MR) is 72.4 cm³/mol. The maximum Gasteiger partial charge on any atom is 0.334 e. The van der Waals surface area contributed by atoms with E-state index in [4.69, 9.17) is 11.6 Å². The second-order valence-corrected chi connectivity index (χ2v) is 4.47. The van der Waals surface area contributed by atoms with Gasteiger partial charge < -0.3 is 5.32 Å². The van der Waals surface area contributed by atoms with E-state index >= 15 is 0 Å². The number of rotatable bonds is 4. The summed E-state index contributed by atoms with van der Waals surface area (Å²) in [7, 11) is 0. The zero-order chi connectivity index (χ0) is 15.6. The molecule has 0 saturated carbocycles. The Balaban J connectivity index is 2.07. The number of nitrogens with one attached hydrogen (secondary N) is 1. The zero-order valence-corrected chi connectivity index (χ0v) is 11.8. The number of anilines is 1. The summed E-state index contributed by atoms with van der Waals surface area (Å²) in [5, 5.41) is 2.50. The van der Waals surface area contributed by atoms with Crippen LogP contribution in [-0.2, 0) is 14.4 Å². The Bertz CT molecular complexity index is 633. The van der Waals surface area contributed by atoms with Crippen LogP contribution < -0.4 is 5.32 Å². The minimum atomic E-state index is -1.02. The number of aromatic nitrogens is 1. The van der Waals surface area contributed by atoms with Gasteiger partial charge in [0.25, 0.3) is 0 Å². The van der Waals surface area contributed by atoms with Crippen molar-refractivity contribution in [3.63, 3.8) is 0 Å². The molecule has 0 atom stereocenters. The molecule has 1 aromatic heterocycles. The van der Waals surface area contributed by atoms with Crippen LogP contribution in [0.5, 0.6) is 0 Å². The molecule has 1 aromatic rings. The van der Waals surface area contributed by atoms with Crippen molar-refractivity contribution >= 4 is 41.0 Å². The highest BCUT2D eigenvalue weighted by atomic mass is 35.5. The Labute approximate surface area is 124 Å². The van der Waals surface area contributed by atoms with Crippen molar-refractivity contribution in [1.82, 2.24) is 14.8 Å². The van der Waals surface area contributed by atoms with Crippen molar-refractivity contribution in [1.29, 1.82) is 0 Å². The summed E-state index contributed by atoms with van der Waals surface area (Å²) in [6, 6.07) is 2.28. The molecule has 5 amide bonds. The van der Waals surface area contributed by atoms with E-state index in [1.165, 1.54) is 12.3 Å². The molecule has 9 heteroatoms. The van der Waals surface area contributed by atoms with Gasteiger partial charge in [-0.1, -0.05) is 11.6 Å². The average Bonchev–Trinajstić information content (AvgIpc) is 2.65. The van der Waals surface area contributed by atoms with E-state index in [2.05, 4.69) is 10.3 Å². The quantitative estimate of drug-likeness (QED) is 0.495. The number of hydrogen-bond donors (Lipinski definition) is 1. The Morgan fingerprint density at radius 1 is 1.29 bits per heavy atom. The standard InChI is InChI=1S/C12H11ClN4O4/c1-2-16-10(19)11(20)17(12(16)21)6-8(18)15-7-4-3-5-14-9(7)13/h3-5H,2,6H2,1H3,(H,15,18). The lowest BCUT2D eigenvalue weighted by molar-refractivity contribution is -0.143. The third-order valence-electron chi connectivity index (χ3n) is 2.79. The van der Waals surface area contributed by atoms with Gasteiger partial charge in [-0.2, -0.15) is 0 Å². The number of nitrogens with zero attached hydrogens (tertiary/aromatic N) is 3. The first-order chi connectivity index (χ1) is 9.95. The minimum Gasteiger partial charge on any atom is -0.322 e. The van der Waals surface area contributed by atoms with Gasteiger partial charge >= 0.3 is 17.8 Å². The highest BCUT2D eigenvalue weighted by molar-refractivity contribution is 6.45. The van der Waals surface area contributed by atoms with E-state index in [9.17, 15) is 19.2 Å². The molecule has 1 aliphatic heterocycles. The molecule has 21 heavy (non-hydrogen) atoms. The third kappa shape index (κ3) is 2.84. The number of halogens is 1. The SMILES string of the molecule is CCN1C(=O)C(=O)N(CC(=O)Nc2cccnc2Cl)C1=O. The highest BCUT2D eigenvalue weighted by Gasteiger charge is 2.44. The zero-order valence-electron chi connectivity index (χ0n) is 11.0. The molecule has 2 heterocycles. The maximum absolute atomic E-state index is 11.8. The van der Waals surface area contributed by atoms with Crippen molar-refractivity contribution in [2.45, 2.75) is 6.92 Å². The summed E-state index contributed by atoms with van der Waals surface area (Å²) in [5.41, 5.74) is 0.252. The lowest BCUT2D eigenvalue weighted by Gasteiger charge is -2.14. The summed E-state index contributed by atoms with van der Waals surface area (Å²) in [4.78, 5) is 51.9. The van der Waals surface area contributed by atoms with Gasteiger partial charge in [0, 0.05) is 12.7 Å². The van der Waals surface area contributed by atoms with E-state index < -0.39 is 30.3 Å². The van der Waals surface area contributed by atoms with Crippen molar-refractivity contribution in [3.8, 4) is 0 Å². The summed E-state index contributed by atoms with van der Waals surface area (Å²) in [5.74, 6) is -2.61. The molecule has 0 aliphatic carbocycles. The molecule has 0 bridgehead atoms. The number of carbonyl (C=O) groups is 4. The molecule has 1 N–H and O–H groups in total. The number of urea groups is 1. The molecule has 1 saturated heterocycles. The first-order valence-electron chi connectivity index (χ1n) is 6.03. The summed E-state index contributed by atoms with van der Waals surface area (Å²) in [6.07, 6.45) is 1.45. The Morgan fingerprint density at radius 2 is 1.95 bits per heavy atom. The third-order valence-corrected chi connectivity index (χ3v) is 3.09. The molecule has 1 aliphatic rings. The van der Waals surface area contributed by atoms with Gasteiger partial charge in [0.05, 0.1) is 5.69 Å². The van der Waals surface area contributed by atoms with Gasteiger partial charge in [-0.25, -0.2) is 14.7 Å². The molecule has 0 radical (unpaired) electrons. The second-order valence-electron chi connectivity index (χ2n) is 4.11. The molecule has 0 spiro atoms. The van der Waals surface area contributed by atoms with Gasteiger partial charge in [-0.05, 0) is 19.1 Å². The Hall–Kier alpha value is -2.48. The first-order valence-corrected chi connectivity index (χ1v) is 6.41. The van der Waals surface area contributed by atoms with E-state index in [1.54, 1.807) is 13.0 Å². The van der Waals surface area contributed by atoms with Crippen molar-refractivity contribution in [3.05, 3.63) is 23.5 Å². The van der Waals surface area contributed by atoms with Crippen LogP contribution in [0.15, 0.2) is 18.3 Å². The van der Waals surface area contributed by atoms with Crippen LogP contribution in [0.4, 0.5) is 10.5 Å². The number of likely N-dealkylation sites (N-methyl/N-ethyl adjacent to an activating group) is 1. The number of imide groups is 2. The molecule has 2 rings (SSSR count). The molecule has 110 valence electrons. The van der Waals surface area contributed by atoms with Crippen LogP contribution >= 0.6 is 11.6 Å². The Morgan fingerprint density at radius 3 is 2.52 bits per heavy atom. The lowest BCUT2D eigenvalue weighted by Crippen LogP contribution is -2.39. The second kappa shape index (κ2) is 5.88. The van der Waals surface area contributed by atoms with Gasteiger partial charge in [-0.3, -0.25) is 19.3 Å². The van der Waals surface area contributed by atoms with Crippen LogP contribution in [-0.4, -0.2) is 51.6 Å². The minimum absolute atomic E-state index is 0.0654. The number of carbonyl (C=O) groups excluding carboxylic acids is 4. The normalized spacial score (nSPS) is 14.9. The molecule has 1 fully saturated rings. The van der Waals surface area contributed by atoms with Crippen LogP contribution in [0.2, 0.25) is 5.15 Å². The summed E-state index contributed by atoms with van der Waals surface area (Å²) >= 11 is 5.78. The van der Waals surface area contributed by atoms with Gasteiger partial charge in [0.1, 0.15) is 6.54 Å². The van der Waals surface area contributed by atoms with Crippen molar-refractivity contribution in [2.75, 3.05) is 18.4 Å². The topological polar surface area (TPSA) is 99.7 Å². The Kier molecular flexibility index (Phi) is 4.18. The number of hydrogen-bond acceptors (Lipinski definition) is 5. The number of amides is 5. The van der Waals surface area contributed by atoms with Crippen molar-refractivity contribution in [2.24, 2.45) is 0 Å². The maximum atomic E-state index is 11.8. The summed E-state index contributed by atoms with van der Waals surface area (Å²) in [6.45, 7) is 1.06. The molecular formula is C12H11ClN4O4. The van der Waals surface area contributed by atoms with Gasteiger partial charge in [0.2, 0.25) is 5.91 Å². The molecule has 0 unspecified atom stereocenters. The largest absolute Gasteiger partial charge is 0.334 e. The fraction of sp³-hybridized carbons (Fsp3) is 0.250. The van der Waals surface area contributed by atoms with Crippen LogP contribution in [0.3, 0.4) is 0 Å². The molecule has 0 aromatic carbocycles. The average molecular weight is 311 g/mol. The van der Waals surface area contributed by atoms with E-state index in [-0.39, 0.29) is 17.4 Å². The predicted octanol–water partition coefficient (Wildman–Crippen LogP) is 0.484. The van der Waals surface area contributed by atoms with Crippen LogP contribution in [0.1, 0.15) is 6.92 Å². The smallest absolute Gasteiger partial charge is 0.322 e. The first kappa shape index (κ1) is 14.9. The molecule has 8 nitrogen and oxygen atoms in total.